The highest BCUT2D eigenvalue weighted by atomic mass is 32.1. The van der Waals surface area contributed by atoms with E-state index in [9.17, 15) is 4.79 Å². The molecule has 1 atom stereocenters. The molecule has 1 unspecified atom stereocenters. The predicted molar refractivity (Wildman–Crippen MR) is 60.9 cm³/mol. The number of nitriles is 1. The molecule has 1 rings (SSSR count). The van der Waals surface area contributed by atoms with Crippen LogP contribution in [0.25, 0.3) is 0 Å². The molecule has 0 radical (unpaired) electrons. The molecule has 2 amide bonds. The van der Waals surface area contributed by atoms with Crippen molar-refractivity contribution in [3.05, 3.63) is 17.0 Å². The van der Waals surface area contributed by atoms with Crippen molar-refractivity contribution < 1.29 is 4.79 Å². The molecule has 0 saturated heterocycles. The molecule has 1 heterocycles. The fraction of sp³-hybridized carbons (Fsp3) is 0.400. The summed E-state index contributed by atoms with van der Waals surface area (Å²) in [5.74, 6) is -0.166. The first-order chi connectivity index (χ1) is 7.11. The van der Waals surface area contributed by atoms with E-state index in [1.165, 1.54) is 11.3 Å². The summed E-state index contributed by atoms with van der Waals surface area (Å²) in [5.41, 5.74) is 0. The molecule has 0 aliphatic heterocycles. The summed E-state index contributed by atoms with van der Waals surface area (Å²) >= 11 is 1.52. The Labute approximate surface area is 92.9 Å². The summed E-state index contributed by atoms with van der Waals surface area (Å²) in [6.07, 6.45) is 0. The van der Waals surface area contributed by atoms with Crippen molar-refractivity contribution in [2.75, 3.05) is 11.9 Å². The van der Waals surface area contributed by atoms with Gasteiger partial charge in [0.25, 0.3) is 0 Å². The smallest absolute Gasteiger partial charge is 0.319 e. The van der Waals surface area contributed by atoms with Crippen LogP contribution >= 0.6 is 11.3 Å². The van der Waals surface area contributed by atoms with Gasteiger partial charge < -0.3 is 5.32 Å². The number of carbonyl (C=O) groups is 1. The fourth-order valence-electron chi connectivity index (χ4n) is 0.949. The molecule has 5 heteroatoms. The average molecular weight is 223 g/mol. The van der Waals surface area contributed by atoms with Gasteiger partial charge in [0.1, 0.15) is 0 Å². The van der Waals surface area contributed by atoms with E-state index in [2.05, 4.69) is 10.6 Å². The van der Waals surface area contributed by atoms with E-state index in [4.69, 9.17) is 5.26 Å². The van der Waals surface area contributed by atoms with Crippen molar-refractivity contribution in [1.82, 2.24) is 5.32 Å². The Morgan fingerprint density at radius 1 is 1.67 bits per heavy atom. The average Bonchev–Trinajstić information content (AvgIpc) is 2.60. The van der Waals surface area contributed by atoms with Crippen molar-refractivity contribution >= 4 is 22.4 Å². The van der Waals surface area contributed by atoms with Gasteiger partial charge in [-0.25, -0.2) is 4.79 Å². The molecule has 0 fully saturated rings. The monoisotopic (exact) mass is 223 g/mol. The van der Waals surface area contributed by atoms with Crippen LogP contribution in [-0.4, -0.2) is 12.6 Å². The second-order valence-corrected chi connectivity index (χ2v) is 4.56. The van der Waals surface area contributed by atoms with Gasteiger partial charge >= 0.3 is 6.03 Å². The molecule has 0 aromatic carbocycles. The second kappa shape index (κ2) is 5.37. The quantitative estimate of drug-likeness (QED) is 0.826. The van der Waals surface area contributed by atoms with Gasteiger partial charge in [0, 0.05) is 11.4 Å². The van der Waals surface area contributed by atoms with Gasteiger partial charge in [0.05, 0.1) is 17.0 Å². The topological polar surface area (TPSA) is 64.9 Å². The number of carbonyl (C=O) groups excluding carboxylic acids is 1. The molecule has 0 bridgehead atoms. The van der Waals surface area contributed by atoms with Gasteiger partial charge in [-0.15, -0.1) is 11.3 Å². The maximum atomic E-state index is 11.3. The lowest BCUT2D eigenvalue weighted by molar-refractivity contribution is 0.251. The third-order valence-corrected chi connectivity index (χ3v) is 2.68. The Kier molecular flexibility index (Phi) is 4.13. The first kappa shape index (κ1) is 11.5. The van der Waals surface area contributed by atoms with Crippen LogP contribution in [0.3, 0.4) is 0 Å². The number of anilines is 1. The molecule has 0 saturated carbocycles. The van der Waals surface area contributed by atoms with Gasteiger partial charge in [-0.1, -0.05) is 0 Å². The zero-order valence-corrected chi connectivity index (χ0v) is 9.52. The van der Waals surface area contributed by atoms with Crippen LogP contribution in [0.4, 0.5) is 9.80 Å². The Morgan fingerprint density at radius 3 is 2.93 bits per heavy atom. The zero-order valence-electron chi connectivity index (χ0n) is 8.70. The summed E-state index contributed by atoms with van der Waals surface area (Å²) in [7, 11) is 0. The predicted octanol–water partition coefficient (Wildman–Crippen LogP) is 2.34. The Bertz CT molecular complexity index is 380. The summed E-state index contributed by atoms with van der Waals surface area (Å²) in [6.45, 7) is 4.10. The first-order valence-electron chi connectivity index (χ1n) is 4.62. The summed E-state index contributed by atoms with van der Waals surface area (Å²) in [6, 6.07) is 5.58. The highest BCUT2D eigenvalue weighted by Gasteiger charge is 2.05. The van der Waals surface area contributed by atoms with Gasteiger partial charge in [-0.05, 0) is 26.0 Å². The summed E-state index contributed by atoms with van der Waals surface area (Å²) in [4.78, 5) is 12.5. The van der Waals surface area contributed by atoms with E-state index in [0.717, 1.165) is 9.88 Å². The number of hydrogen-bond acceptors (Lipinski definition) is 3. The SMILES string of the molecule is Cc1ccc(NC(=O)NCC(C)C#N)s1. The lowest BCUT2D eigenvalue weighted by Gasteiger charge is -2.06. The molecule has 80 valence electrons. The molecule has 1 aromatic rings. The number of amides is 2. The lowest BCUT2D eigenvalue weighted by atomic mass is 10.2. The van der Waals surface area contributed by atoms with E-state index in [1.54, 1.807) is 6.92 Å². The molecule has 4 nitrogen and oxygen atoms in total. The van der Waals surface area contributed by atoms with Crippen LogP contribution in [-0.2, 0) is 0 Å². The summed E-state index contributed by atoms with van der Waals surface area (Å²) in [5, 5.41) is 14.7. The maximum absolute atomic E-state index is 11.3. The second-order valence-electron chi connectivity index (χ2n) is 3.28. The highest BCUT2D eigenvalue weighted by molar-refractivity contribution is 7.16. The fourth-order valence-corrected chi connectivity index (χ4v) is 1.71. The zero-order chi connectivity index (χ0) is 11.3. The minimum absolute atomic E-state index is 0.166. The normalized spacial score (nSPS) is 11.5. The lowest BCUT2D eigenvalue weighted by Crippen LogP contribution is -2.31. The van der Waals surface area contributed by atoms with E-state index in [-0.39, 0.29) is 11.9 Å². The molecule has 0 spiro atoms. The number of nitrogens with one attached hydrogen (secondary N) is 2. The van der Waals surface area contributed by atoms with Crippen LogP contribution in [0.15, 0.2) is 12.1 Å². The maximum Gasteiger partial charge on any atom is 0.319 e. The van der Waals surface area contributed by atoms with E-state index in [0.29, 0.717) is 6.54 Å². The largest absolute Gasteiger partial charge is 0.337 e. The van der Waals surface area contributed by atoms with Crippen LogP contribution < -0.4 is 10.6 Å². The molecule has 1 aromatic heterocycles. The standard InChI is InChI=1S/C10H13N3OS/c1-7(5-11)6-12-10(14)13-9-4-3-8(2)15-9/h3-4,7H,6H2,1-2H3,(H2,12,13,14). The minimum Gasteiger partial charge on any atom is -0.337 e. The van der Waals surface area contributed by atoms with Gasteiger partial charge in [0.15, 0.2) is 0 Å². The number of nitrogens with zero attached hydrogens (tertiary/aromatic N) is 1. The molecular weight excluding hydrogens is 210 g/mol. The Balaban J connectivity index is 2.34. The van der Waals surface area contributed by atoms with Crippen molar-refractivity contribution in [3.63, 3.8) is 0 Å². The molecule has 0 aliphatic carbocycles. The van der Waals surface area contributed by atoms with Crippen molar-refractivity contribution in [3.8, 4) is 6.07 Å². The van der Waals surface area contributed by atoms with Crippen molar-refractivity contribution in [1.29, 1.82) is 5.26 Å². The summed E-state index contributed by atoms with van der Waals surface area (Å²) < 4.78 is 0. The van der Waals surface area contributed by atoms with E-state index >= 15 is 0 Å². The van der Waals surface area contributed by atoms with E-state index < -0.39 is 0 Å². The van der Waals surface area contributed by atoms with Crippen LogP contribution in [0.5, 0.6) is 0 Å². The third kappa shape index (κ3) is 4.00. The van der Waals surface area contributed by atoms with Crippen LogP contribution in [0.1, 0.15) is 11.8 Å². The molecular formula is C10H13N3OS. The van der Waals surface area contributed by atoms with Crippen molar-refractivity contribution in [2.24, 2.45) is 5.92 Å². The van der Waals surface area contributed by atoms with Crippen LogP contribution in [0, 0.1) is 24.2 Å². The van der Waals surface area contributed by atoms with Crippen LogP contribution in [0.2, 0.25) is 0 Å². The Morgan fingerprint density at radius 2 is 2.40 bits per heavy atom. The van der Waals surface area contributed by atoms with Gasteiger partial charge in [-0.3, -0.25) is 5.32 Å². The van der Waals surface area contributed by atoms with Crippen molar-refractivity contribution in [2.45, 2.75) is 13.8 Å². The molecule has 2 N–H and O–H groups in total. The number of aryl methyl sites for hydroxylation is 1. The molecule has 0 aliphatic rings. The molecule has 15 heavy (non-hydrogen) atoms. The number of rotatable bonds is 3. The van der Waals surface area contributed by atoms with E-state index in [1.807, 2.05) is 25.1 Å². The highest BCUT2D eigenvalue weighted by Crippen LogP contribution is 2.20. The number of thiophene rings is 1. The number of hydrogen-bond donors (Lipinski definition) is 2. The van der Waals surface area contributed by atoms with Gasteiger partial charge in [-0.2, -0.15) is 5.26 Å². The Hall–Kier alpha value is -1.54. The third-order valence-electron chi connectivity index (χ3n) is 1.77. The number of urea groups is 1. The minimum atomic E-state index is -0.265. The van der Waals surface area contributed by atoms with Gasteiger partial charge in [0.2, 0.25) is 0 Å². The first-order valence-corrected chi connectivity index (χ1v) is 5.44.